The van der Waals surface area contributed by atoms with Crippen molar-refractivity contribution in [2.24, 2.45) is 0 Å². The first-order valence-corrected chi connectivity index (χ1v) is 11.0. The van der Waals surface area contributed by atoms with Gasteiger partial charge in [0.1, 0.15) is 5.82 Å². The normalized spacial score (nSPS) is 13.5. The van der Waals surface area contributed by atoms with E-state index in [0.717, 1.165) is 28.9 Å². The second-order valence-electron chi connectivity index (χ2n) is 8.19. The standard InChI is InChI=1S/C25H24F3N5O2/c1-4-29-22-12-21-17(13-30-22)14-33(24(35)32(21)3)20-11-19(9-8-15(20)2)31-23(34)16-6-5-7-18(10-16)25(26,27)28/h5-13H,4,14H2,1-3H3,(H,29,30)(H,31,34). The highest BCUT2D eigenvalue weighted by Gasteiger charge is 2.32. The average Bonchev–Trinajstić information content (AvgIpc) is 2.83. The summed E-state index contributed by atoms with van der Waals surface area (Å²) < 4.78 is 39.0. The zero-order chi connectivity index (χ0) is 25.3. The Morgan fingerprint density at radius 2 is 1.89 bits per heavy atom. The maximum Gasteiger partial charge on any atom is 0.416 e. The lowest BCUT2D eigenvalue weighted by molar-refractivity contribution is -0.137. The number of pyridine rings is 1. The molecule has 1 aliphatic rings. The van der Waals surface area contributed by atoms with Gasteiger partial charge in [0.05, 0.1) is 23.5 Å². The Kier molecular flexibility index (Phi) is 6.38. The number of aromatic nitrogens is 1. The molecule has 0 bridgehead atoms. The van der Waals surface area contributed by atoms with E-state index in [1.54, 1.807) is 36.3 Å². The summed E-state index contributed by atoms with van der Waals surface area (Å²) in [6.45, 7) is 4.78. The molecule has 4 rings (SSSR count). The van der Waals surface area contributed by atoms with Gasteiger partial charge >= 0.3 is 12.2 Å². The van der Waals surface area contributed by atoms with Crippen LogP contribution in [0.4, 0.5) is 40.8 Å². The fourth-order valence-electron chi connectivity index (χ4n) is 3.91. The van der Waals surface area contributed by atoms with Crippen LogP contribution < -0.4 is 20.4 Å². The van der Waals surface area contributed by atoms with Gasteiger partial charge in [0, 0.05) is 42.7 Å². The summed E-state index contributed by atoms with van der Waals surface area (Å²) >= 11 is 0. The lowest BCUT2D eigenvalue weighted by Crippen LogP contribution is -2.45. The van der Waals surface area contributed by atoms with E-state index in [9.17, 15) is 22.8 Å². The molecule has 0 radical (unpaired) electrons. The number of amides is 3. The maximum atomic E-state index is 13.2. The van der Waals surface area contributed by atoms with E-state index in [1.165, 1.54) is 17.0 Å². The first kappa shape index (κ1) is 24.1. The highest BCUT2D eigenvalue weighted by Crippen LogP contribution is 2.35. The van der Waals surface area contributed by atoms with Crippen LogP contribution in [0.1, 0.15) is 34.0 Å². The van der Waals surface area contributed by atoms with Crippen LogP contribution in [0.15, 0.2) is 54.7 Å². The van der Waals surface area contributed by atoms with Crippen molar-refractivity contribution in [1.82, 2.24) is 4.98 Å². The van der Waals surface area contributed by atoms with Crippen molar-refractivity contribution < 1.29 is 22.8 Å². The lowest BCUT2D eigenvalue weighted by atomic mass is 10.1. The van der Waals surface area contributed by atoms with Crippen LogP contribution in [0.3, 0.4) is 0 Å². The summed E-state index contributed by atoms with van der Waals surface area (Å²) in [7, 11) is 1.68. The number of carbonyl (C=O) groups excluding carboxylic acids is 2. The van der Waals surface area contributed by atoms with E-state index in [1.807, 2.05) is 19.9 Å². The zero-order valence-corrected chi connectivity index (χ0v) is 19.4. The van der Waals surface area contributed by atoms with E-state index in [4.69, 9.17) is 0 Å². The predicted molar refractivity (Wildman–Crippen MR) is 129 cm³/mol. The van der Waals surface area contributed by atoms with Crippen molar-refractivity contribution in [1.29, 1.82) is 0 Å². The van der Waals surface area contributed by atoms with Gasteiger partial charge in [-0.3, -0.25) is 14.6 Å². The van der Waals surface area contributed by atoms with Crippen LogP contribution in [0.5, 0.6) is 0 Å². The van der Waals surface area contributed by atoms with Gasteiger partial charge in [-0.2, -0.15) is 13.2 Å². The van der Waals surface area contributed by atoms with E-state index < -0.39 is 17.6 Å². The SMILES string of the molecule is CCNc1cc2c(cn1)CN(c1cc(NC(=O)c3cccc(C(F)(F)F)c3)ccc1C)C(=O)N2C. The molecule has 35 heavy (non-hydrogen) atoms. The summed E-state index contributed by atoms with van der Waals surface area (Å²) in [5, 5.41) is 5.76. The zero-order valence-electron chi connectivity index (χ0n) is 19.4. The van der Waals surface area contributed by atoms with Gasteiger partial charge in [-0.1, -0.05) is 12.1 Å². The highest BCUT2D eigenvalue weighted by atomic mass is 19.4. The summed E-state index contributed by atoms with van der Waals surface area (Å²) in [6.07, 6.45) is -2.83. The minimum atomic E-state index is -4.55. The molecule has 1 aliphatic heterocycles. The molecule has 3 aromatic rings. The Morgan fingerprint density at radius 1 is 1.11 bits per heavy atom. The molecule has 10 heteroatoms. The predicted octanol–water partition coefficient (Wildman–Crippen LogP) is 5.67. The van der Waals surface area contributed by atoms with Gasteiger partial charge in [0.2, 0.25) is 0 Å². The monoisotopic (exact) mass is 483 g/mol. The number of benzene rings is 2. The minimum Gasteiger partial charge on any atom is -0.370 e. The Balaban J connectivity index is 1.60. The van der Waals surface area contributed by atoms with Gasteiger partial charge in [-0.15, -0.1) is 0 Å². The number of hydrogen-bond acceptors (Lipinski definition) is 4. The van der Waals surface area contributed by atoms with Crippen LogP contribution in [0, 0.1) is 6.92 Å². The van der Waals surface area contributed by atoms with E-state index in [0.29, 0.717) is 23.7 Å². The highest BCUT2D eigenvalue weighted by molar-refractivity contribution is 6.08. The largest absolute Gasteiger partial charge is 0.416 e. The number of anilines is 4. The summed E-state index contributed by atoms with van der Waals surface area (Å²) in [5.74, 6) is -0.00618. The van der Waals surface area contributed by atoms with E-state index >= 15 is 0 Å². The van der Waals surface area contributed by atoms with Gasteiger partial charge in [-0.05, 0) is 49.7 Å². The fraction of sp³-hybridized carbons (Fsp3) is 0.240. The van der Waals surface area contributed by atoms with Gasteiger partial charge in [0.25, 0.3) is 5.91 Å². The molecule has 3 amide bonds. The molecular formula is C25H24F3N5O2. The lowest BCUT2D eigenvalue weighted by Gasteiger charge is -2.36. The van der Waals surface area contributed by atoms with Crippen molar-refractivity contribution in [2.75, 3.05) is 34.0 Å². The fourth-order valence-corrected chi connectivity index (χ4v) is 3.91. The molecule has 0 atom stereocenters. The van der Waals surface area contributed by atoms with Gasteiger partial charge in [0.15, 0.2) is 0 Å². The van der Waals surface area contributed by atoms with E-state index in [-0.39, 0.29) is 18.1 Å². The summed E-state index contributed by atoms with van der Waals surface area (Å²) in [6, 6.07) is 10.8. The van der Waals surface area contributed by atoms with Gasteiger partial charge in [-0.25, -0.2) is 9.78 Å². The third-order valence-corrected chi connectivity index (χ3v) is 5.74. The summed E-state index contributed by atoms with van der Waals surface area (Å²) in [5.41, 5.74) is 2.31. The van der Waals surface area contributed by atoms with Crippen molar-refractivity contribution in [3.63, 3.8) is 0 Å². The Bertz CT molecular complexity index is 1290. The second kappa shape index (κ2) is 9.28. The van der Waals surface area contributed by atoms with Crippen LogP contribution in [-0.4, -0.2) is 30.5 Å². The third-order valence-electron chi connectivity index (χ3n) is 5.74. The topological polar surface area (TPSA) is 77.6 Å². The molecule has 0 saturated heterocycles. The molecule has 2 heterocycles. The Labute approximate surface area is 200 Å². The number of aryl methyl sites for hydroxylation is 1. The number of fused-ring (bicyclic) bond motifs is 1. The van der Waals surface area contributed by atoms with Crippen molar-refractivity contribution in [2.45, 2.75) is 26.6 Å². The quantitative estimate of drug-likeness (QED) is 0.490. The third kappa shape index (κ3) is 4.91. The molecule has 0 spiro atoms. The average molecular weight is 483 g/mol. The number of alkyl halides is 3. The first-order valence-electron chi connectivity index (χ1n) is 11.0. The molecule has 0 unspecified atom stereocenters. The Morgan fingerprint density at radius 3 is 2.60 bits per heavy atom. The van der Waals surface area contributed by atoms with Crippen LogP contribution in [0.2, 0.25) is 0 Å². The number of urea groups is 1. The van der Waals surface area contributed by atoms with E-state index in [2.05, 4.69) is 15.6 Å². The Hall–Kier alpha value is -4.08. The molecule has 182 valence electrons. The molecular weight excluding hydrogens is 459 g/mol. The number of rotatable bonds is 5. The van der Waals surface area contributed by atoms with Crippen LogP contribution in [0.25, 0.3) is 0 Å². The molecule has 7 nitrogen and oxygen atoms in total. The minimum absolute atomic E-state index is 0.118. The summed E-state index contributed by atoms with van der Waals surface area (Å²) in [4.78, 5) is 33.4. The number of nitrogens with one attached hydrogen (secondary N) is 2. The molecule has 2 N–H and O–H groups in total. The number of nitrogens with zero attached hydrogens (tertiary/aromatic N) is 3. The van der Waals surface area contributed by atoms with Crippen LogP contribution >= 0.6 is 0 Å². The van der Waals surface area contributed by atoms with Crippen molar-refractivity contribution in [3.05, 3.63) is 77.0 Å². The first-order chi connectivity index (χ1) is 16.6. The number of hydrogen-bond donors (Lipinski definition) is 2. The number of carbonyl (C=O) groups is 2. The van der Waals surface area contributed by atoms with Crippen molar-refractivity contribution >= 4 is 34.8 Å². The smallest absolute Gasteiger partial charge is 0.370 e. The molecule has 0 fully saturated rings. The molecule has 2 aromatic carbocycles. The van der Waals surface area contributed by atoms with Crippen LogP contribution in [-0.2, 0) is 12.7 Å². The molecule has 0 saturated carbocycles. The molecule has 0 aliphatic carbocycles. The van der Waals surface area contributed by atoms with Crippen molar-refractivity contribution in [3.8, 4) is 0 Å². The van der Waals surface area contributed by atoms with Gasteiger partial charge < -0.3 is 10.6 Å². The number of halogens is 3. The molecule has 1 aromatic heterocycles. The maximum absolute atomic E-state index is 13.2. The second-order valence-corrected chi connectivity index (χ2v) is 8.19.